The first-order valence-corrected chi connectivity index (χ1v) is 6.32. The van der Waals surface area contributed by atoms with Crippen molar-refractivity contribution in [2.24, 2.45) is 11.8 Å². The average Bonchev–Trinajstić information content (AvgIpc) is 2.83. The maximum absolute atomic E-state index is 12.1. The molecular weight excluding hydrogens is 246 g/mol. The zero-order valence-corrected chi connectivity index (χ0v) is 10.7. The van der Waals surface area contributed by atoms with Crippen LogP contribution in [0.25, 0.3) is 0 Å². The monoisotopic (exact) mass is 263 g/mol. The number of hydrogen-bond donors (Lipinski definition) is 3. The van der Waals surface area contributed by atoms with E-state index in [-0.39, 0.29) is 11.7 Å². The number of phenols is 1. The molecule has 5 heteroatoms. The summed E-state index contributed by atoms with van der Waals surface area (Å²) in [5.74, 6) is -2.04. The van der Waals surface area contributed by atoms with Crippen molar-refractivity contribution in [3.05, 3.63) is 23.8 Å². The molecule has 1 aliphatic rings. The molecule has 1 aromatic rings. The number of aromatic hydroxyl groups is 1. The van der Waals surface area contributed by atoms with E-state index in [1.54, 1.807) is 19.1 Å². The molecule has 0 heterocycles. The Morgan fingerprint density at radius 3 is 2.58 bits per heavy atom. The molecule has 1 fully saturated rings. The highest BCUT2D eigenvalue weighted by Gasteiger charge is 2.37. The summed E-state index contributed by atoms with van der Waals surface area (Å²) >= 11 is 0. The molecule has 19 heavy (non-hydrogen) atoms. The number of anilines is 1. The number of carbonyl (C=O) groups is 2. The van der Waals surface area contributed by atoms with Gasteiger partial charge in [-0.1, -0.05) is 6.42 Å². The third kappa shape index (κ3) is 2.86. The van der Waals surface area contributed by atoms with Gasteiger partial charge in [0.25, 0.3) is 0 Å². The number of carboxylic acids is 1. The first-order chi connectivity index (χ1) is 8.99. The first-order valence-electron chi connectivity index (χ1n) is 6.32. The zero-order valence-electron chi connectivity index (χ0n) is 10.7. The highest BCUT2D eigenvalue weighted by atomic mass is 16.4. The number of carboxylic acid groups (broad SMARTS) is 1. The summed E-state index contributed by atoms with van der Waals surface area (Å²) in [6.45, 7) is 1.74. The molecule has 0 spiro atoms. The lowest BCUT2D eigenvalue weighted by Crippen LogP contribution is -2.29. The predicted octanol–water partition coefficient (Wildman–Crippen LogP) is 2.14. The number of carbonyl (C=O) groups excluding carboxylic acids is 1. The number of nitrogens with one attached hydrogen (secondary N) is 1. The molecule has 1 saturated carbocycles. The zero-order chi connectivity index (χ0) is 14.0. The Kier molecular flexibility index (Phi) is 3.74. The van der Waals surface area contributed by atoms with E-state index in [0.29, 0.717) is 24.1 Å². The van der Waals surface area contributed by atoms with Crippen LogP contribution in [-0.4, -0.2) is 22.1 Å². The summed E-state index contributed by atoms with van der Waals surface area (Å²) in [5, 5.41) is 21.2. The lowest BCUT2D eigenvalue weighted by Gasteiger charge is -2.16. The molecule has 2 unspecified atom stereocenters. The Bertz CT molecular complexity index is 512. The van der Waals surface area contributed by atoms with Gasteiger partial charge in [-0.05, 0) is 43.5 Å². The van der Waals surface area contributed by atoms with Gasteiger partial charge in [0, 0.05) is 5.69 Å². The number of rotatable bonds is 3. The van der Waals surface area contributed by atoms with Gasteiger partial charge in [-0.2, -0.15) is 0 Å². The van der Waals surface area contributed by atoms with Crippen LogP contribution in [-0.2, 0) is 9.59 Å². The van der Waals surface area contributed by atoms with Gasteiger partial charge in [0.1, 0.15) is 5.75 Å². The van der Waals surface area contributed by atoms with Crippen molar-refractivity contribution in [3.8, 4) is 5.75 Å². The SMILES string of the molecule is Cc1cc(NC(=O)C2CCCC2C(=O)O)ccc1O. The van der Waals surface area contributed by atoms with E-state index >= 15 is 0 Å². The fourth-order valence-electron chi connectivity index (χ4n) is 2.54. The Morgan fingerprint density at radius 1 is 1.26 bits per heavy atom. The van der Waals surface area contributed by atoms with Gasteiger partial charge in [0.2, 0.25) is 5.91 Å². The van der Waals surface area contributed by atoms with Crippen LogP contribution in [0, 0.1) is 18.8 Å². The van der Waals surface area contributed by atoms with Crippen molar-refractivity contribution in [1.29, 1.82) is 0 Å². The molecule has 0 aromatic heterocycles. The highest BCUT2D eigenvalue weighted by molar-refractivity contribution is 5.95. The van der Waals surface area contributed by atoms with E-state index in [4.69, 9.17) is 5.11 Å². The lowest BCUT2D eigenvalue weighted by molar-refractivity contribution is -0.145. The van der Waals surface area contributed by atoms with Crippen LogP contribution < -0.4 is 5.32 Å². The minimum atomic E-state index is -0.903. The molecule has 1 aliphatic carbocycles. The third-order valence-corrected chi connectivity index (χ3v) is 3.63. The van der Waals surface area contributed by atoms with Gasteiger partial charge in [0.15, 0.2) is 0 Å². The molecule has 0 aliphatic heterocycles. The van der Waals surface area contributed by atoms with E-state index in [0.717, 1.165) is 6.42 Å². The van der Waals surface area contributed by atoms with Gasteiger partial charge >= 0.3 is 5.97 Å². The Balaban J connectivity index is 2.08. The first kappa shape index (κ1) is 13.4. The van der Waals surface area contributed by atoms with Crippen LogP contribution in [0.5, 0.6) is 5.75 Å². The van der Waals surface area contributed by atoms with Crippen LogP contribution >= 0.6 is 0 Å². The minimum absolute atomic E-state index is 0.169. The van der Waals surface area contributed by atoms with E-state index < -0.39 is 17.8 Å². The normalized spacial score (nSPS) is 22.2. The molecule has 0 saturated heterocycles. The van der Waals surface area contributed by atoms with Crippen LogP contribution in [0.2, 0.25) is 0 Å². The number of benzene rings is 1. The Morgan fingerprint density at radius 2 is 1.95 bits per heavy atom. The van der Waals surface area contributed by atoms with Crippen molar-refractivity contribution in [2.75, 3.05) is 5.32 Å². The average molecular weight is 263 g/mol. The Hall–Kier alpha value is -2.04. The smallest absolute Gasteiger partial charge is 0.307 e. The molecule has 0 radical (unpaired) electrons. The van der Waals surface area contributed by atoms with Crippen molar-refractivity contribution in [3.63, 3.8) is 0 Å². The minimum Gasteiger partial charge on any atom is -0.508 e. The third-order valence-electron chi connectivity index (χ3n) is 3.63. The highest BCUT2D eigenvalue weighted by Crippen LogP contribution is 2.33. The quantitative estimate of drug-likeness (QED) is 0.729. The summed E-state index contributed by atoms with van der Waals surface area (Å²) in [5.41, 5.74) is 1.25. The second-order valence-electron chi connectivity index (χ2n) is 4.97. The Labute approximate surface area is 111 Å². The van der Waals surface area contributed by atoms with Gasteiger partial charge in [0.05, 0.1) is 11.8 Å². The number of hydrogen-bond acceptors (Lipinski definition) is 3. The predicted molar refractivity (Wildman–Crippen MR) is 69.9 cm³/mol. The van der Waals surface area contributed by atoms with E-state index in [1.807, 2.05) is 0 Å². The maximum Gasteiger partial charge on any atom is 0.307 e. The van der Waals surface area contributed by atoms with Crippen molar-refractivity contribution in [1.82, 2.24) is 0 Å². The lowest BCUT2D eigenvalue weighted by atomic mass is 9.95. The molecule has 1 aromatic carbocycles. The standard InChI is InChI=1S/C14H17NO4/c1-8-7-9(5-6-12(8)16)15-13(17)10-3-2-4-11(10)14(18)19/h5-7,10-11,16H,2-4H2,1H3,(H,15,17)(H,18,19). The van der Waals surface area contributed by atoms with Crippen LogP contribution in [0.1, 0.15) is 24.8 Å². The second kappa shape index (κ2) is 5.30. The summed E-state index contributed by atoms with van der Waals surface area (Å²) in [6.07, 6.45) is 1.94. The van der Waals surface area contributed by atoms with E-state index in [9.17, 15) is 14.7 Å². The molecule has 3 N–H and O–H groups in total. The van der Waals surface area contributed by atoms with E-state index in [1.165, 1.54) is 6.07 Å². The van der Waals surface area contributed by atoms with Gasteiger partial charge < -0.3 is 15.5 Å². The molecule has 102 valence electrons. The van der Waals surface area contributed by atoms with Crippen molar-refractivity contribution < 1.29 is 19.8 Å². The summed E-state index contributed by atoms with van der Waals surface area (Å²) < 4.78 is 0. The summed E-state index contributed by atoms with van der Waals surface area (Å²) in [7, 11) is 0. The van der Waals surface area contributed by atoms with Gasteiger partial charge in [-0.15, -0.1) is 0 Å². The van der Waals surface area contributed by atoms with Crippen molar-refractivity contribution >= 4 is 17.6 Å². The number of aliphatic carboxylic acids is 1. The fraction of sp³-hybridized carbons (Fsp3) is 0.429. The van der Waals surface area contributed by atoms with Crippen molar-refractivity contribution in [2.45, 2.75) is 26.2 Å². The summed E-state index contributed by atoms with van der Waals surface area (Å²) in [6, 6.07) is 4.77. The van der Waals surface area contributed by atoms with Gasteiger partial charge in [-0.25, -0.2) is 0 Å². The van der Waals surface area contributed by atoms with Crippen LogP contribution in [0.3, 0.4) is 0 Å². The van der Waals surface area contributed by atoms with Gasteiger partial charge in [-0.3, -0.25) is 9.59 Å². The molecule has 1 amide bonds. The molecular formula is C14H17NO4. The largest absolute Gasteiger partial charge is 0.508 e. The second-order valence-corrected chi connectivity index (χ2v) is 4.97. The number of amides is 1. The molecule has 5 nitrogen and oxygen atoms in total. The number of aryl methyl sites for hydroxylation is 1. The summed E-state index contributed by atoms with van der Waals surface area (Å²) in [4.78, 5) is 23.1. The molecule has 0 bridgehead atoms. The number of phenolic OH excluding ortho intramolecular Hbond substituents is 1. The molecule has 2 rings (SSSR count). The fourth-order valence-corrected chi connectivity index (χ4v) is 2.54. The van der Waals surface area contributed by atoms with Crippen LogP contribution in [0.15, 0.2) is 18.2 Å². The van der Waals surface area contributed by atoms with E-state index in [2.05, 4.69) is 5.32 Å². The topological polar surface area (TPSA) is 86.6 Å². The van der Waals surface area contributed by atoms with Crippen LogP contribution in [0.4, 0.5) is 5.69 Å². The molecule has 2 atom stereocenters. The maximum atomic E-state index is 12.1.